The van der Waals surface area contributed by atoms with E-state index < -0.39 is 17.9 Å². The van der Waals surface area contributed by atoms with Crippen LogP contribution in [0.1, 0.15) is 12.8 Å². The summed E-state index contributed by atoms with van der Waals surface area (Å²) in [5.74, 6) is -1.54. The van der Waals surface area contributed by atoms with Crippen molar-refractivity contribution in [3.63, 3.8) is 0 Å². The number of ether oxygens (including phenoxy) is 3. The Hall–Kier alpha value is -2.11. The van der Waals surface area contributed by atoms with Crippen molar-refractivity contribution in [2.75, 3.05) is 19.8 Å². The Bertz CT molecular complexity index is 291. The lowest BCUT2D eigenvalue weighted by molar-refractivity contribution is -0.150. The first kappa shape index (κ1) is 15.9. The van der Waals surface area contributed by atoms with E-state index >= 15 is 0 Å². The zero-order chi connectivity index (χ0) is 13.8. The first-order valence-electron chi connectivity index (χ1n) is 5.34. The second-order valence-electron chi connectivity index (χ2n) is 3.07. The number of carbonyl (C=O) groups is 3. The van der Waals surface area contributed by atoms with E-state index in [1.165, 1.54) is 0 Å². The Balaban J connectivity index is 3.43. The summed E-state index contributed by atoms with van der Waals surface area (Å²) in [4.78, 5) is 32.4. The van der Waals surface area contributed by atoms with Crippen LogP contribution in [0.15, 0.2) is 25.3 Å². The molecule has 0 aromatic carbocycles. The van der Waals surface area contributed by atoms with Gasteiger partial charge in [-0.1, -0.05) is 13.2 Å². The van der Waals surface area contributed by atoms with Gasteiger partial charge in [0.05, 0.1) is 6.61 Å². The van der Waals surface area contributed by atoms with Gasteiger partial charge in [-0.15, -0.1) is 0 Å². The predicted octanol–water partition coefficient (Wildman–Crippen LogP) is 0.768. The van der Waals surface area contributed by atoms with Crippen LogP contribution in [0.5, 0.6) is 0 Å². The minimum absolute atomic E-state index is 0.00907. The van der Waals surface area contributed by atoms with Crippen molar-refractivity contribution < 1.29 is 28.6 Å². The number of esters is 3. The van der Waals surface area contributed by atoms with Gasteiger partial charge in [-0.25, -0.2) is 9.59 Å². The zero-order valence-electron chi connectivity index (χ0n) is 10.1. The smallest absolute Gasteiger partial charge is 0.330 e. The molecule has 0 fully saturated rings. The van der Waals surface area contributed by atoms with Crippen LogP contribution in [0.2, 0.25) is 0 Å². The van der Waals surface area contributed by atoms with Crippen LogP contribution < -0.4 is 0 Å². The van der Waals surface area contributed by atoms with Gasteiger partial charge in [0.2, 0.25) is 0 Å². The molecule has 0 spiro atoms. The maximum atomic E-state index is 11.1. The summed E-state index contributed by atoms with van der Waals surface area (Å²) in [5, 5.41) is 0. The normalized spacial score (nSPS) is 9.11. The van der Waals surface area contributed by atoms with Gasteiger partial charge in [0.25, 0.3) is 0 Å². The Morgan fingerprint density at radius 1 is 0.833 bits per heavy atom. The van der Waals surface area contributed by atoms with Crippen molar-refractivity contribution in [1.82, 2.24) is 0 Å². The quantitative estimate of drug-likeness (QED) is 0.262. The zero-order valence-corrected chi connectivity index (χ0v) is 10.1. The van der Waals surface area contributed by atoms with Gasteiger partial charge in [-0.3, -0.25) is 4.79 Å². The van der Waals surface area contributed by atoms with E-state index in [1.54, 1.807) is 0 Å². The molecule has 0 aliphatic rings. The molecule has 0 rings (SSSR count). The lowest BCUT2D eigenvalue weighted by atomic mass is 10.3. The molecule has 0 aliphatic heterocycles. The van der Waals surface area contributed by atoms with Crippen LogP contribution in [0.4, 0.5) is 0 Å². The molecule has 0 N–H and O–H groups in total. The van der Waals surface area contributed by atoms with Gasteiger partial charge in [0, 0.05) is 18.6 Å². The third kappa shape index (κ3) is 9.14. The van der Waals surface area contributed by atoms with Gasteiger partial charge >= 0.3 is 17.9 Å². The van der Waals surface area contributed by atoms with Crippen molar-refractivity contribution in [1.29, 1.82) is 0 Å². The highest BCUT2D eigenvalue weighted by Gasteiger charge is 2.04. The Morgan fingerprint density at radius 3 is 1.89 bits per heavy atom. The standard InChI is InChI=1S/C12H16O6/c1-3-10(13)16-7-5-6-12(15)18-9-8-17-11(14)4-2/h3-4H,1-2,5-9H2. The Kier molecular flexibility index (Phi) is 8.89. The van der Waals surface area contributed by atoms with Crippen LogP contribution in [-0.2, 0) is 28.6 Å². The monoisotopic (exact) mass is 256 g/mol. The molecular weight excluding hydrogens is 240 g/mol. The van der Waals surface area contributed by atoms with E-state index in [-0.39, 0.29) is 26.2 Å². The summed E-state index contributed by atoms with van der Waals surface area (Å²) in [6.07, 6.45) is 2.56. The first-order valence-corrected chi connectivity index (χ1v) is 5.34. The molecule has 0 radical (unpaired) electrons. The van der Waals surface area contributed by atoms with Gasteiger partial charge in [0.15, 0.2) is 0 Å². The summed E-state index contributed by atoms with van der Waals surface area (Å²) in [6, 6.07) is 0. The SMILES string of the molecule is C=CC(=O)OCCCC(=O)OCCOC(=O)C=C. The largest absolute Gasteiger partial charge is 0.463 e. The van der Waals surface area contributed by atoms with Gasteiger partial charge in [-0.05, 0) is 6.42 Å². The molecule has 0 heterocycles. The second-order valence-corrected chi connectivity index (χ2v) is 3.07. The molecule has 6 heteroatoms. The predicted molar refractivity (Wildman–Crippen MR) is 62.5 cm³/mol. The summed E-state index contributed by atoms with van der Waals surface area (Å²) in [7, 11) is 0. The summed E-state index contributed by atoms with van der Waals surface area (Å²) in [6.45, 7) is 6.56. The second kappa shape index (κ2) is 10.1. The number of rotatable bonds is 9. The van der Waals surface area contributed by atoms with Crippen LogP contribution in [0, 0.1) is 0 Å². The van der Waals surface area contributed by atoms with Crippen molar-refractivity contribution in [2.24, 2.45) is 0 Å². The molecule has 6 nitrogen and oxygen atoms in total. The van der Waals surface area contributed by atoms with E-state index in [1.807, 2.05) is 0 Å². The minimum Gasteiger partial charge on any atom is -0.463 e. The fraction of sp³-hybridized carbons (Fsp3) is 0.417. The number of carbonyl (C=O) groups excluding carboxylic acids is 3. The van der Waals surface area contributed by atoms with Crippen molar-refractivity contribution in [3.8, 4) is 0 Å². The first-order chi connectivity index (χ1) is 8.60. The molecule has 0 atom stereocenters. The van der Waals surface area contributed by atoms with E-state index in [0.29, 0.717) is 6.42 Å². The molecule has 0 aromatic heterocycles. The third-order valence-electron chi connectivity index (χ3n) is 1.69. The van der Waals surface area contributed by atoms with Crippen LogP contribution >= 0.6 is 0 Å². The van der Waals surface area contributed by atoms with E-state index in [0.717, 1.165) is 12.2 Å². The Labute approximate surface area is 105 Å². The lowest BCUT2D eigenvalue weighted by Gasteiger charge is -2.05. The van der Waals surface area contributed by atoms with Gasteiger partial charge < -0.3 is 14.2 Å². The molecule has 0 unspecified atom stereocenters. The highest BCUT2D eigenvalue weighted by molar-refractivity contribution is 5.81. The van der Waals surface area contributed by atoms with Gasteiger partial charge in [-0.2, -0.15) is 0 Å². The Morgan fingerprint density at radius 2 is 1.33 bits per heavy atom. The van der Waals surface area contributed by atoms with E-state index in [4.69, 9.17) is 4.74 Å². The number of hydrogen-bond acceptors (Lipinski definition) is 6. The molecule has 0 aromatic rings. The minimum atomic E-state index is -0.567. The molecule has 0 aliphatic carbocycles. The topological polar surface area (TPSA) is 78.9 Å². The highest BCUT2D eigenvalue weighted by Crippen LogP contribution is 1.95. The maximum absolute atomic E-state index is 11.1. The van der Waals surface area contributed by atoms with Crippen molar-refractivity contribution in [3.05, 3.63) is 25.3 Å². The molecule has 0 amide bonds. The highest BCUT2D eigenvalue weighted by atomic mass is 16.6. The molecule has 18 heavy (non-hydrogen) atoms. The summed E-state index contributed by atoms with van der Waals surface area (Å²) in [5.41, 5.74) is 0. The van der Waals surface area contributed by atoms with Crippen molar-refractivity contribution >= 4 is 17.9 Å². The number of hydrogen-bond donors (Lipinski definition) is 0. The fourth-order valence-electron chi connectivity index (χ4n) is 0.877. The average Bonchev–Trinajstić information content (AvgIpc) is 2.38. The van der Waals surface area contributed by atoms with Crippen LogP contribution in [-0.4, -0.2) is 37.7 Å². The lowest BCUT2D eigenvalue weighted by Crippen LogP contribution is -2.13. The van der Waals surface area contributed by atoms with Gasteiger partial charge in [0.1, 0.15) is 13.2 Å². The molecule has 100 valence electrons. The maximum Gasteiger partial charge on any atom is 0.330 e. The van der Waals surface area contributed by atoms with Crippen molar-refractivity contribution in [2.45, 2.75) is 12.8 Å². The van der Waals surface area contributed by atoms with Crippen LogP contribution in [0.25, 0.3) is 0 Å². The van der Waals surface area contributed by atoms with Crippen LogP contribution in [0.3, 0.4) is 0 Å². The third-order valence-corrected chi connectivity index (χ3v) is 1.69. The van der Waals surface area contributed by atoms with E-state index in [9.17, 15) is 14.4 Å². The molecule has 0 saturated heterocycles. The molecule has 0 saturated carbocycles. The molecule has 0 bridgehead atoms. The average molecular weight is 256 g/mol. The summed E-state index contributed by atoms with van der Waals surface area (Å²) < 4.78 is 14.0. The molecular formula is C12H16O6. The fourth-order valence-corrected chi connectivity index (χ4v) is 0.877. The summed E-state index contributed by atoms with van der Waals surface area (Å²) >= 11 is 0. The van der Waals surface area contributed by atoms with E-state index in [2.05, 4.69) is 22.6 Å².